The van der Waals surface area contributed by atoms with Crippen molar-refractivity contribution in [3.8, 4) is 0 Å². The van der Waals surface area contributed by atoms with E-state index in [1.807, 2.05) is 0 Å². The molecule has 1 N–H and O–H groups in total. The minimum atomic E-state index is -2.99. The quantitative estimate of drug-likeness (QED) is 0.848. The number of rotatable bonds is 5. The molecule has 0 aromatic rings. The van der Waals surface area contributed by atoms with Crippen LogP contribution >= 0.6 is 0 Å². The molecule has 1 aliphatic carbocycles. The van der Waals surface area contributed by atoms with Gasteiger partial charge in [-0.3, -0.25) is 0 Å². The zero-order valence-corrected chi connectivity index (χ0v) is 13.8. The number of nitrogens with zero attached hydrogens (tertiary/aromatic N) is 1. The van der Waals surface area contributed by atoms with E-state index in [2.05, 4.69) is 12.2 Å². The molecule has 118 valence electrons. The van der Waals surface area contributed by atoms with E-state index < -0.39 is 10.0 Å². The molecule has 1 saturated heterocycles. The van der Waals surface area contributed by atoms with Gasteiger partial charge >= 0.3 is 0 Å². The predicted octanol–water partition coefficient (Wildman–Crippen LogP) is 2.36. The van der Waals surface area contributed by atoms with Crippen LogP contribution < -0.4 is 5.32 Å². The summed E-state index contributed by atoms with van der Waals surface area (Å²) in [4.78, 5) is 0. The predicted molar refractivity (Wildman–Crippen MR) is 83.2 cm³/mol. The largest absolute Gasteiger partial charge is 0.311 e. The molecule has 1 aliphatic heterocycles. The van der Waals surface area contributed by atoms with Crippen LogP contribution in [-0.2, 0) is 10.0 Å². The average Bonchev–Trinajstić information content (AvgIpc) is 2.41. The molecule has 1 saturated carbocycles. The Labute approximate surface area is 124 Å². The molecular weight excluding hydrogens is 272 g/mol. The van der Waals surface area contributed by atoms with Crippen molar-refractivity contribution in [3.63, 3.8) is 0 Å². The third-order valence-electron chi connectivity index (χ3n) is 4.94. The molecule has 0 atom stereocenters. The summed E-state index contributed by atoms with van der Waals surface area (Å²) < 4.78 is 24.6. The lowest BCUT2D eigenvalue weighted by molar-refractivity contribution is 0.226. The van der Waals surface area contributed by atoms with Crippen LogP contribution in [0, 0.1) is 5.92 Å². The zero-order valence-electron chi connectivity index (χ0n) is 13.0. The van der Waals surface area contributed by atoms with Gasteiger partial charge in [0.05, 0.1) is 6.26 Å². The molecule has 0 radical (unpaired) electrons. The van der Waals surface area contributed by atoms with Gasteiger partial charge in [0.15, 0.2) is 0 Å². The fraction of sp³-hybridized carbons (Fsp3) is 1.00. The summed E-state index contributed by atoms with van der Waals surface area (Å²) in [6.45, 7) is 3.64. The van der Waals surface area contributed by atoms with E-state index in [4.69, 9.17) is 0 Å². The number of sulfonamides is 1. The molecule has 0 aromatic carbocycles. The van der Waals surface area contributed by atoms with Crippen molar-refractivity contribution in [1.82, 2.24) is 9.62 Å². The van der Waals surface area contributed by atoms with Crippen LogP contribution in [0.1, 0.15) is 58.3 Å². The van der Waals surface area contributed by atoms with Crippen molar-refractivity contribution in [2.75, 3.05) is 19.3 Å². The van der Waals surface area contributed by atoms with Gasteiger partial charge in [-0.25, -0.2) is 12.7 Å². The summed E-state index contributed by atoms with van der Waals surface area (Å²) in [6.07, 6.45) is 11.3. The summed E-state index contributed by atoms with van der Waals surface area (Å²) >= 11 is 0. The lowest BCUT2D eigenvalue weighted by atomic mass is 9.83. The molecule has 0 aromatic heterocycles. The minimum absolute atomic E-state index is 0.515. The fourth-order valence-corrected chi connectivity index (χ4v) is 4.59. The van der Waals surface area contributed by atoms with E-state index in [-0.39, 0.29) is 0 Å². The van der Waals surface area contributed by atoms with Crippen molar-refractivity contribution < 1.29 is 8.42 Å². The fourth-order valence-electron chi connectivity index (χ4n) is 3.71. The van der Waals surface area contributed by atoms with Crippen LogP contribution in [0.4, 0.5) is 0 Å². The highest BCUT2D eigenvalue weighted by molar-refractivity contribution is 7.88. The Morgan fingerprint density at radius 1 is 1.00 bits per heavy atom. The van der Waals surface area contributed by atoms with Crippen molar-refractivity contribution in [1.29, 1.82) is 0 Å². The number of piperidine rings is 1. The molecule has 2 rings (SSSR count). The van der Waals surface area contributed by atoms with E-state index in [0.29, 0.717) is 25.2 Å². The Morgan fingerprint density at radius 2 is 1.55 bits per heavy atom. The first-order valence-electron chi connectivity index (χ1n) is 8.20. The van der Waals surface area contributed by atoms with E-state index in [9.17, 15) is 8.42 Å². The van der Waals surface area contributed by atoms with Crippen molar-refractivity contribution >= 4 is 10.0 Å². The maximum atomic E-state index is 11.5. The minimum Gasteiger partial charge on any atom is -0.311 e. The molecule has 20 heavy (non-hydrogen) atoms. The summed E-state index contributed by atoms with van der Waals surface area (Å²) in [7, 11) is -2.99. The topological polar surface area (TPSA) is 49.4 Å². The summed E-state index contributed by atoms with van der Waals surface area (Å²) in [6, 6.07) is 1.18. The van der Waals surface area contributed by atoms with Gasteiger partial charge in [0.25, 0.3) is 0 Å². The van der Waals surface area contributed by atoms with Gasteiger partial charge in [-0.1, -0.05) is 19.8 Å². The summed E-state index contributed by atoms with van der Waals surface area (Å²) in [5.41, 5.74) is 0. The van der Waals surface area contributed by atoms with Crippen LogP contribution in [0.25, 0.3) is 0 Å². The van der Waals surface area contributed by atoms with Gasteiger partial charge in [-0.05, 0) is 44.4 Å². The summed E-state index contributed by atoms with van der Waals surface area (Å²) in [5.74, 6) is 0.949. The first-order valence-corrected chi connectivity index (χ1v) is 10.0. The Hall–Kier alpha value is -0.130. The molecule has 5 heteroatoms. The van der Waals surface area contributed by atoms with Crippen LogP contribution in [-0.4, -0.2) is 44.2 Å². The molecule has 2 fully saturated rings. The summed E-state index contributed by atoms with van der Waals surface area (Å²) in [5, 5.41) is 3.77. The Kier molecular flexibility index (Phi) is 5.87. The number of nitrogens with one attached hydrogen (secondary N) is 1. The molecule has 0 unspecified atom stereocenters. The second kappa shape index (κ2) is 7.23. The van der Waals surface area contributed by atoms with Gasteiger partial charge in [0, 0.05) is 25.2 Å². The van der Waals surface area contributed by atoms with Crippen LogP contribution in [0.2, 0.25) is 0 Å². The monoisotopic (exact) mass is 302 g/mol. The van der Waals surface area contributed by atoms with E-state index in [1.165, 1.54) is 44.8 Å². The van der Waals surface area contributed by atoms with Crippen LogP contribution in [0.5, 0.6) is 0 Å². The standard InChI is InChI=1S/C15H30N2O2S/c1-3-4-13-5-7-14(8-6-13)16-15-9-11-17(12-10-15)20(2,18)19/h13-16H,3-12H2,1-2H3. The SMILES string of the molecule is CCCC1CCC(NC2CCN(S(C)(=O)=O)CC2)CC1. The van der Waals surface area contributed by atoms with Crippen molar-refractivity contribution in [2.45, 2.75) is 70.4 Å². The first kappa shape index (κ1) is 16.2. The lowest BCUT2D eigenvalue weighted by Crippen LogP contribution is -2.48. The first-order chi connectivity index (χ1) is 9.49. The number of hydrogen-bond acceptors (Lipinski definition) is 3. The van der Waals surface area contributed by atoms with Crippen LogP contribution in [0.15, 0.2) is 0 Å². The Balaban J connectivity index is 1.69. The smallest absolute Gasteiger partial charge is 0.211 e. The second-order valence-electron chi connectivity index (χ2n) is 6.61. The molecule has 0 amide bonds. The van der Waals surface area contributed by atoms with Crippen molar-refractivity contribution in [3.05, 3.63) is 0 Å². The maximum absolute atomic E-state index is 11.5. The van der Waals surface area contributed by atoms with Gasteiger partial charge in [-0.15, -0.1) is 0 Å². The molecular formula is C15H30N2O2S. The Bertz CT molecular complexity index is 381. The highest BCUT2D eigenvalue weighted by Gasteiger charge is 2.27. The van der Waals surface area contributed by atoms with E-state index in [1.54, 1.807) is 4.31 Å². The lowest BCUT2D eigenvalue weighted by Gasteiger charge is -2.36. The second-order valence-corrected chi connectivity index (χ2v) is 8.59. The highest BCUT2D eigenvalue weighted by Crippen LogP contribution is 2.28. The van der Waals surface area contributed by atoms with Gasteiger partial charge in [0.1, 0.15) is 0 Å². The molecule has 1 heterocycles. The third-order valence-corrected chi connectivity index (χ3v) is 6.24. The Morgan fingerprint density at radius 3 is 2.05 bits per heavy atom. The van der Waals surface area contributed by atoms with Gasteiger partial charge in [-0.2, -0.15) is 0 Å². The normalized spacial score (nSPS) is 30.5. The molecule has 0 bridgehead atoms. The molecule has 4 nitrogen and oxygen atoms in total. The zero-order chi connectivity index (χ0) is 14.6. The maximum Gasteiger partial charge on any atom is 0.211 e. The average molecular weight is 302 g/mol. The van der Waals surface area contributed by atoms with E-state index in [0.717, 1.165) is 18.8 Å². The van der Waals surface area contributed by atoms with E-state index >= 15 is 0 Å². The highest BCUT2D eigenvalue weighted by atomic mass is 32.2. The van der Waals surface area contributed by atoms with Crippen LogP contribution in [0.3, 0.4) is 0 Å². The molecule has 2 aliphatic rings. The van der Waals surface area contributed by atoms with Gasteiger partial charge < -0.3 is 5.32 Å². The third kappa shape index (κ3) is 4.71. The molecule has 0 spiro atoms. The van der Waals surface area contributed by atoms with Crippen molar-refractivity contribution in [2.24, 2.45) is 5.92 Å². The van der Waals surface area contributed by atoms with Gasteiger partial charge in [0.2, 0.25) is 10.0 Å². The number of hydrogen-bond donors (Lipinski definition) is 1.